The summed E-state index contributed by atoms with van der Waals surface area (Å²) in [6, 6.07) is 14.1. The first-order valence-electron chi connectivity index (χ1n) is 7.68. The van der Waals surface area contributed by atoms with Crippen molar-refractivity contribution in [1.82, 2.24) is 5.32 Å². The summed E-state index contributed by atoms with van der Waals surface area (Å²) in [5.41, 5.74) is 1.04. The maximum Gasteiger partial charge on any atom is 0.224 e. The molecular formula is C18H21NO2. The number of hydrogen-bond donors (Lipinski definition) is 2. The van der Waals surface area contributed by atoms with E-state index in [0.29, 0.717) is 6.42 Å². The zero-order valence-corrected chi connectivity index (χ0v) is 12.1. The lowest BCUT2D eigenvalue weighted by atomic mass is 9.92. The maximum absolute atomic E-state index is 12.2. The van der Waals surface area contributed by atoms with Crippen LogP contribution in [0.4, 0.5) is 0 Å². The molecule has 1 saturated carbocycles. The van der Waals surface area contributed by atoms with Gasteiger partial charge in [-0.3, -0.25) is 4.79 Å². The summed E-state index contributed by atoms with van der Waals surface area (Å²) >= 11 is 0. The molecule has 0 aliphatic heterocycles. The highest BCUT2D eigenvalue weighted by molar-refractivity contribution is 5.90. The Labute approximate surface area is 125 Å². The molecule has 3 nitrogen and oxygen atoms in total. The van der Waals surface area contributed by atoms with Crippen molar-refractivity contribution in [2.45, 2.75) is 44.2 Å². The Balaban J connectivity index is 1.71. The fourth-order valence-corrected chi connectivity index (χ4v) is 3.16. The Morgan fingerprint density at radius 1 is 1.10 bits per heavy atom. The number of rotatable bonds is 3. The molecule has 2 aromatic rings. The van der Waals surface area contributed by atoms with Crippen LogP contribution in [-0.4, -0.2) is 23.2 Å². The van der Waals surface area contributed by atoms with E-state index in [2.05, 4.69) is 17.4 Å². The van der Waals surface area contributed by atoms with E-state index in [1.165, 1.54) is 0 Å². The van der Waals surface area contributed by atoms with E-state index in [1.807, 2.05) is 30.3 Å². The minimum atomic E-state index is -0.393. The number of nitrogens with one attached hydrogen (secondary N) is 1. The molecule has 0 bridgehead atoms. The number of hydrogen-bond acceptors (Lipinski definition) is 2. The zero-order valence-electron chi connectivity index (χ0n) is 12.1. The van der Waals surface area contributed by atoms with Crippen LogP contribution in [0, 0.1) is 0 Å². The van der Waals surface area contributed by atoms with Crippen LogP contribution in [0.25, 0.3) is 10.8 Å². The number of carbonyl (C=O) groups is 1. The molecule has 110 valence electrons. The summed E-state index contributed by atoms with van der Waals surface area (Å²) < 4.78 is 0. The van der Waals surface area contributed by atoms with Gasteiger partial charge in [0.05, 0.1) is 18.6 Å². The summed E-state index contributed by atoms with van der Waals surface area (Å²) in [4.78, 5) is 12.2. The predicted octanol–water partition coefficient (Wildman–Crippen LogP) is 2.80. The Hall–Kier alpha value is -1.87. The monoisotopic (exact) mass is 283 g/mol. The van der Waals surface area contributed by atoms with E-state index < -0.39 is 6.10 Å². The topological polar surface area (TPSA) is 49.3 Å². The third-order valence-electron chi connectivity index (χ3n) is 4.31. The van der Waals surface area contributed by atoms with Gasteiger partial charge in [-0.15, -0.1) is 0 Å². The molecule has 1 aliphatic carbocycles. The fourth-order valence-electron chi connectivity index (χ4n) is 3.16. The van der Waals surface area contributed by atoms with Crippen molar-refractivity contribution in [2.24, 2.45) is 0 Å². The molecule has 0 unspecified atom stereocenters. The second-order valence-corrected chi connectivity index (χ2v) is 5.84. The van der Waals surface area contributed by atoms with E-state index in [9.17, 15) is 9.90 Å². The van der Waals surface area contributed by atoms with Gasteiger partial charge in [0.2, 0.25) is 5.91 Å². The SMILES string of the molecule is O=C(Cc1cccc2ccccc12)N[C@@H]1CCCC[C@H]1O. The smallest absolute Gasteiger partial charge is 0.224 e. The second kappa shape index (κ2) is 6.27. The molecule has 0 saturated heterocycles. The van der Waals surface area contributed by atoms with Gasteiger partial charge in [-0.25, -0.2) is 0 Å². The molecule has 0 aromatic heterocycles. The number of fused-ring (bicyclic) bond motifs is 1. The molecule has 2 N–H and O–H groups in total. The molecule has 2 atom stereocenters. The Bertz CT molecular complexity index is 633. The minimum Gasteiger partial charge on any atom is -0.391 e. The quantitative estimate of drug-likeness (QED) is 0.910. The van der Waals surface area contributed by atoms with Crippen LogP contribution < -0.4 is 5.32 Å². The van der Waals surface area contributed by atoms with Crippen molar-refractivity contribution in [2.75, 3.05) is 0 Å². The first kappa shape index (κ1) is 14.1. The molecule has 0 spiro atoms. The van der Waals surface area contributed by atoms with Crippen molar-refractivity contribution in [3.8, 4) is 0 Å². The first-order chi connectivity index (χ1) is 10.2. The van der Waals surface area contributed by atoms with Crippen LogP contribution in [0.3, 0.4) is 0 Å². The van der Waals surface area contributed by atoms with Crippen LogP contribution in [0.5, 0.6) is 0 Å². The third kappa shape index (κ3) is 3.24. The molecule has 0 heterocycles. The van der Waals surface area contributed by atoms with Crippen LogP contribution >= 0.6 is 0 Å². The highest BCUT2D eigenvalue weighted by Crippen LogP contribution is 2.20. The second-order valence-electron chi connectivity index (χ2n) is 5.84. The van der Waals surface area contributed by atoms with E-state index in [1.54, 1.807) is 0 Å². The van der Waals surface area contributed by atoms with E-state index in [4.69, 9.17) is 0 Å². The molecule has 1 fully saturated rings. The van der Waals surface area contributed by atoms with Crippen LogP contribution in [-0.2, 0) is 11.2 Å². The summed E-state index contributed by atoms with van der Waals surface area (Å²) in [7, 11) is 0. The van der Waals surface area contributed by atoms with Crippen LogP contribution in [0.15, 0.2) is 42.5 Å². The lowest BCUT2D eigenvalue weighted by molar-refractivity contribution is -0.122. The van der Waals surface area contributed by atoms with Gasteiger partial charge in [-0.1, -0.05) is 55.3 Å². The highest BCUT2D eigenvalue weighted by Gasteiger charge is 2.24. The molecular weight excluding hydrogens is 262 g/mol. The minimum absolute atomic E-state index is 0.00250. The van der Waals surface area contributed by atoms with Gasteiger partial charge >= 0.3 is 0 Å². The molecule has 3 rings (SSSR count). The number of amides is 1. The largest absolute Gasteiger partial charge is 0.391 e. The molecule has 1 amide bonds. The van der Waals surface area contributed by atoms with Crippen molar-refractivity contribution >= 4 is 16.7 Å². The van der Waals surface area contributed by atoms with Crippen LogP contribution in [0.1, 0.15) is 31.2 Å². The average Bonchev–Trinajstić information content (AvgIpc) is 2.50. The molecule has 1 aliphatic rings. The molecule has 2 aromatic carbocycles. The maximum atomic E-state index is 12.2. The predicted molar refractivity (Wildman–Crippen MR) is 84.1 cm³/mol. The van der Waals surface area contributed by atoms with E-state index in [0.717, 1.165) is 42.0 Å². The van der Waals surface area contributed by atoms with Gasteiger partial charge in [0, 0.05) is 0 Å². The van der Waals surface area contributed by atoms with Crippen molar-refractivity contribution in [3.63, 3.8) is 0 Å². The van der Waals surface area contributed by atoms with Gasteiger partial charge in [0.1, 0.15) is 0 Å². The molecule has 0 radical (unpaired) electrons. The lowest BCUT2D eigenvalue weighted by Crippen LogP contribution is -2.45. The molecule has 21 heavy (non-hydrogen) atoms. The zero-order chi connectivity index (χ0) is 14.7. The number of carbonyl (C=O) groups excluding carboxylic acids is 1. The number of aliphatic hydroxyl groups is 1. The summed E-state index contributed by atoms with van der Waals surface area (Å²) in [6.07, 6.45) is 3.77. The summed E-state index contributed by atoms with van der Waals surface area (Å²) in [5.74, 6) is -0.00250. The standard InChI is InChI=1S/C18H21NO2/c20-17-11-4-3-10-16(17)19-18(21)12-14-8-5-7-13-6-1-2-9-15(13)14/h1-2,5-9,16-17,20H,3-4,10-12H2,(H,19,21)/t16-,17-/m1/s1. The van der Waals surface area contributed by atoms with Gasteiger partial charge in [-0.2, -0.15) is 0 Å². The summed E-state index contributed by atoms with van der Waals surface area (Å²) in [5, 5.41) is 15.2. The van der Waals surface area contributed by atoms with E-state index in [-0.39, 0.29) is 11.9 Å². The number of aliphatic hydroxyl groups excluding tert-OH is 1. The van der Waals surface area contributed by atoms with Gasteiger partial charge in [0.25, 0.3) is 0 Å². The Morgan fingerprint density at radius 2 is 1.86 bits per heavy atom. The van der Waals surface area contributed by atoms with Crippen LogP contribution in [0.2, 0.25) is 0 Å². The van der Waals surface area contributed by atoms with Gasteiger partial charge in [-0.05, 0) is 29.2 Å². The normalized spacial score (nSPS) is 22.1. The van der Waals surface area contributed by atoms with Crippen molar-refractivity contribution < 1.29 is 9.90 Å². The number of benzene rings is 2. The van der Waals surface area contributed by atoms with Crippen molar-refractivity contribution in [1.29, 1.82) is 0 Å². The first-order valence-corrected chi connectivity index (χ1v) is 7.68. The van der Waals surface area contributed by atoms with Gasteiger partial charge in [0.15, 0.2) is 0 Å². The average molecular weight is 283 g/mol. The van der Waals surface area contributed by atoms with Crippen molar-refractivity contribution in [3.05, 3.63) is 48.0 Å². The summed E-state index contributed by atoms with van der Waals surface area (Å²) in [6.45, 7) is 0. The Kier molecular flexibility index (Phi) is 4.20. The third-order valence-corrected chi connectivity index (χ3v) is 4.31. The van der Waals surface area contributed by atoms with E-state index >= 15 is 0 Å². The Morgan fingerprint density at radius 3 is 2.71 bits per heavy atom. The fraction of sp³-hybridized carbons (Fsp3) is 0.389. The van der Waals surface area contributed by atoms with Gasteiger partial charge < -0.3 is 10.4 Å². The lowest BCUT2D eigenvalue weighted by Gasteiger charge is -2.28. The molecule has 3 heteroatoms. The highest BCUT2D eigenvalue weighted by atomic mass is 16.3.